The van der Waals surface area contributed by atoms with Gasteiger partial charge in [0.15, 0.2) is 0 Å². The van der Waals surface area contributed by atoms with Gasteiger partial charge in [-0.05, 0) is 84.3 Å². The van der Waals surface area contributed by atoms with Gasteiger partial charge >= 0.3 is 6.98 Å². The van der Waals surface area contributed by atoms with Gasteiger partial charge in [-0.3, -0.25) is 9.13 Å². The first-order chi connectivity index (χ1) is 30.8. The largest absolute Gasteiger partial charge is 0.458 e. The van der Waals surface area contributed by atoms with Crippen molar-refractivity contribution in [2.75, 3.05) is 9.62 Å². The minimum atomic E-state index is -0.175. The first-order valence-corrected chi connectivity index (χ1v) is 20.8. The van der Waals surface area contributed by atoms with Crippen LogP contribution in [0.15, 0.2) is 225 Å². The second-order valence-corrected chi connectivity index (χ2v) is 15.4. The van der Waals surface area contributed by atoms with Gasteiger partial charge in [-0.1, -0.05) is 133 Å². The van der Waals surface area contributed by atoms with Crippen molar-refractivity contribution in [1.29, 1.82) is 0 Å². The molecule has 1 aliphatic heterocycles. The van der Waals surface area contributed by atoms with Crippen LogP contribution in [-0.4, -0.2) is 21.1 Å². The monoisotopic (exact) mass is 796 g/mol. The summed E-state index contributed by atoms with van der Waals surface area (Å²) in [5, 5.41) is 2.45. The summed E-state index contributed by atoms with van der Waals surface area (Å²) >= 11 is 0. The van der Waals surface area contributed by atoms with E-state index in [1.54, 1.807) is 0 Å². The minimum Gasteiger partial charge on any atom is -0.458 e. The zero-order valence-electron chi connectivity index (χ0n) is 33.5. The highest BCUT2D eigenvalue weighted by atomic mass is 16.5. The van der Waals surface area contributed by atoms with Crippen LogP contribution >= 0.6 is 0 Å². The van der Waals surface area contributed by atoms with Crippen LogP contribution in [0.4, 0.5) is 22.9 Å². The summed E-state index contributed by atoms with van der Waals surface area (Å²) in [5.41, 5.74) is 11.7. The van der Waals surface area contributed by atoms with Gasteiger partial charge in [0.05, 0.1) is 50.5 Å². The molecule has 0 saturated heterocycles. The van der Waals surface area contributed by atoms with Gasteiger partial charge in [-0.2, -0.15) is 0 Å². The number of imidazole rings is 1. The molecule has 0 N–H and O–H groups in total. The summed E-state index contributed by atoms with van der Waals surface area (Å²) in [6.45, 7) is -0.175. The number of aromatic nitrogens is 4. The van der Waals surface area contributed by atoms with E-state index in [2.05, 4.69) is 224 Å². The van der Waals surface area contributed by atoms with Crippen molar-refractivity contribution in [2.45, 2.75) is 0 Å². The van der Waals surface area contributed by atoms with Crippen molar-refractivity contribution < 1.29 is 9.30 Å². The molecular weight excluding hydrogens is 759 g/mol. The molecule has 7 nitrogen and oxygen atoms in total. The smallest absolute Gasteiger partial charge is 0.421 e. The Morgan fingerprint density at radius 1 is 0.468 bits per heavy atom. The molecule has 8 heteroatoms. The number of ether oxygens (including phenoxy) is 1. The zero-order valence-corrected chi connectivity index (χ0v) is 33.5. The van der Waals surface area contributed by atoms with Crippen LogP contribution < -0.4 is 24.4 Å². The highest BCUT2D eigenvalue weighted by Gasteiger charge is 2.44. The molecule has 292 valence electrons. The first kappa shape index (κ1) is 35.6. The second kappa shape index (κ2) is 14.7. The fraction of sp³-hybridized carbons (Fsp3) is 0. The first-order valence-electron chi connectivity index (χ1n) is 20.8. The Hall–Kier alpha value is -8.36. The van der Waals surface area contributed by atoms with E-state index in [-0.39, 0.29) is 6.98 Å². The normalized spacial score (nSPS) is 12.4. The fourth-order valence-electron chi connectivity index (χ4n) is 9.16. The predicted molar refractivity (Wildman–Crippen MR) is 251 cm³/mol. The molecular formula is C54H37BN6O. The Morgan fingerprint density at radius 3 is 1.89 bits per heavy atom. The third-order valence-electron chi connectivity index (χ3n) is 11.8. The lowest BCUT2D eigenvalue weighted by atomic mass is 9.65. The van der Waals surface area contributed by atoms with Crippen LogP contribution in [0.5, 0.6) is 11.5 Å². The number of pyridine rings is 1. The zero-order chi connectivity index (χ0) is 41.0. The Kier molecular flexibility index (Phi) is 8.45. The average molecular weight is 797 g/mol. The van der Waals surface area contributed by atoms with Crippen molar-refractivity contribution in [1.82, 2.24) is 14.1 Å². The van der Waals surface area contributed by atoms with Crippen LogP contribution in [0.2, 0.25) is 0 Å². The van der Waals surface area contributed by atoms with Crippen molar-refractivity contribution in [3.8, 4) is 28.6 Å². The van der Waals surface area contributed by atoms with Crippen LogP contribution in [0.25, 0.3) is 49.9 Å². The lowest BCUT2D eigenvalue weighted by Crippen LogP contribution is -2.53. The summed E-state index contributed by atoms with van der Waals surface area (Å²) in [6.07, 6.45) is 5.61. The summed E-state index contributed by atoms with van der Waals surface area (Å²) in [5.74, 6) is 2.29. The van der Waals surface area contributed by atoms with Gasteiger partial charge in [0.25, 0.3) is 6.33 Å². The SMILES string of the molecule is [c-]1n(-c2cccc(Oc3ccc4c(c3)N(c3ccccn3)B(c3ccccc3)N4c3ccccc3)c2)c2ccccc2[n+]1-c1ccccc1-n1c2ccccc2c2ccccc21. The highest BCUT2D eigenvalue weighted by molar-refractivity contribution is 6.84. The molecule has 4 heterocycles. The summed E-state index contributed by atoms with van der Waals surface area (Å²) in [7, 11) is 0. The third-order valence-corrected chi connectivity index (χ3v) is 11.8. The molecule has 8 aromatic carbocycles. The molecule has 62 heavy (non-hydrogen) atoms. The van der Waals surface area contributed by atoms with E-state index in [9.17, 15) is 0 Å². The Labute approximate surface area is 359 Å². The molecule has 0 amide bonds. The number of hydrogen-bond donors (Lipinski definition) is 0. The maximum atomic E-state index is 6.78. The number of para-hydroxylation sites is 7. The summed E-state index contributed by atoms with van der Waals surface area (Å²) in [6, 6.07) is 76.1. The molecule has 0 aliphatic carbocycles. The van der Waals surface area contributed by atoms with Gasteiger partial charge in [-0.25, -0.2) is 4.98 Å². The average Bonchev–Trinajstić information content (AvgIpc) is 4.01. The van der Waals surface area contributed by atoms with Crippen molar-refractivity contribution in [2.24, 2.45) is 0 Å². The number of benzene rings is 8. The molecule has 1 aliphatic rings. The van der Waals surface area contributed by atoms with E-state index in [1.165, 1.54) is 10.8 Å². The van der Waals surface area contributed by atoms with Gasteiger partial charge in [0, 0.05) is 28.7 Å². The van der Waals surface area contributed by atoms with E-state index in [4.69, 9.17) is 9.72 Å². The number of fused-ring (bicyclic) bond motifs is 5. The molecule has 0 saturated carbocycles. The molecule has 12 rings (SSSR count). The van der Waals surface area contributed by atoms with Crippen molar-refractivity contribution in [3.63, 3.8) is 0 Å². The second-order valence-electron chi connectivity index (χ2n) is 15.4. The van der Waals surface area contributed by atoms with Crippen LogP contribution in [0, 0.1) is 6.33 Å². The Bertz CT molecular complexity index is 3370. The minimum absolute atomic E-state index is 0.175. The lowest BCUT2D eigenvalue weighted by Gasteiger charge is -2.29. The van der Waals surface area contributed by atoms with Gasteiger partial charge in [0.2, 0.25) is 0 Å². The topological polar surface area (TPSA) is 42.3 Å². The van der Waals surface area contributed by atoms with E-state index in [0.29, 0.717) is 5.75 Å². The van der Waals surface area contributed by atoms with Crippen molar-refractivity contribution in [3.05, 3.63) is 231 Å². The molecule has 0 spiro atoms. The van der Waals surface area contributed by atoms with Gasteiger partial charge in [0.1, 0.15) is 17.3 Å². The van der Waals surface area contributed by atoms with E-state index < -0.39 is 0 Å². The lowest BCUT2D eigenvalue weighted by molar-refractivity contribution is -0.572. The summed E-state index contributed by atoms with van der Waals surface area (Å²) in [4.78, 5) is 9.55. The van der Waals surface area contributed by atoms with Crippen LogP contribution in [0.1, 0.15) is 0 Å². The highest BCUT2D eigenvalue weighted by Crippen LogP contribution is 2.47. The number of rotatable bonds is 8. The van der Waals surface area contributed by atoms with Gasteiger partial charge in [-0.15, -0.1) is 0 Å². The fourth-order valence-corrected chi connectivity index (χ4v) is 9.16. The number of hydrogen-bond acceptors (Lipinski definition) is 4. The van der Waals surface area contributed by atoms with E-state index in [0.717, 1.165) is 73.2 Å². The molecule has 0 radical (unpaired) electrons. The van der Waals surface area contributed by atoms with E-state index >= 15 is 0 Å². The molecule has 0 bridgehead atoms. The maximum Gasteiger partial charge on any atom is 0.421 e. The van der Waals surface area contributed by atoms with Crippen molar-refractivity contribution >= 4 is 68.2 Å². The molecule has 0 fully saturated rings. The summed E-state index contributed by atoms with van der Waals surface area (Å²) < 4.78 is 13.5. The van der Waals surface area contributed by atoms with Crippen LogP contribution in [0.3, 0.4) is 0 Å². The number of nitrogens with zero attached hydrogens (tertiary/aromatic N) is 6. The standard InChI is InChI=1S/C54H37BN6O/c1-3-18-39(19-4-1)55-60(40-20-5-2-6-21-40)52-34-33-43(37-53(52)61(55)54-32-15-16-35-56-54)62-42-23-17-22-41(36-42)57-38-58(49-29-12-11-28-48(49)57)50-30-13-14-31-51(50)59-46-26-9-7-24-44(46)45-25-8-10-27-47(45)59/h1-37H. The van der Waals surface area contributed by atoms with Crippen LogP contribution in [-0.2, 0) is 0 Å². The maximum absolute atomic E-state index is 6.78. The molecule has 3 aromatic heterocycles. The molecule has 11 aromatic rings. The van der Waals surface area contributed by atoms with Gasteiger partial charge < -0.3 is 18.9 Å². The Balaban J connectivity index is 0.948. The Morgan fingerprint density at radius 2 is 1.11 bits per heavy atom. The van der Waals surface area contributed by atoms with E-state index in [1.807, 2.05) is 30.5 Å². The number of anilines is 4. The predicted octanol–water partition coefficient (Wildman–Crippen LogP) is 11.7. The third kappa shape index (κ3) is 5.84. The quantitative estimate of drug-likeness (QED) is 0.0873. The molecule has 0 unspecified atom stereocenters. The molecule has 0 atom stereocenters.